The van der Waals surface area contributed by atoms with Crippen LogP contribution in [0.25, 0.3) is 21.3 Å². The van der Waals surface area contributed by atoms with Crippen LogP contribution in [0.5, 0.6) is 5.75 Å². The SMILES string of the molecule is CN1CCc2noc([C@H]3Cc4cc(Cl)cc(-c5ccnc6ccsc56)c4O3)c2C1. The summed E-state index contributed by atoms with van der Waals surface area (Å²) in [4.78, 5) is 6.75. The monoisotopic (exact) mass is 423 g/mol. The molecule has 0 amide bonds. The van der Waals surface area contributed by atoms with Crippen molar-refractivity contribution in [3.05, 3.63) is 63.4 Å². The lowest BCUT2D eigenvalue weighted by Crippen LogP contribution is -2.27. The van der Waals surface area contributed by atoms with Crippen LogP contribution in [0.15, 0.2) is 40.4 Å². The van der Waals surface area contributed by atoms with Gasteiger partial charge in [0.05, 0.1) is 15.9 Å². The fraction of sp³-hybridized carbons (Fsp3) is 0.273. The van der Waals surface area contributed by atoms with Crippen LogP contribution in [-0.4, -0.2) is 28.6 Å². The van der Waals surface area contributed by atoms with Gasteiger partial charge in [0.15, 0.2) is 11.9 Å². The quantitative estimate of drug-likeness (QED) is 0.439. The summed E-state index contributed by atoms with van der Waals surface area (Å²) in [7, 11) is 2.12. The molecule has 146 valence electrons. The normalized spacial score (nSPS) is 18.6. The second kappa shape index (κ2) is 6.55. The summed E-state index contributed by atoms with van der Waals surface area (Å²) in [5.41, 5.74) is 6.44. The van der Waals surface area contributed by atoms with Crippen molar-refractivity contribution in [1.82, 2.24) is 15.0 Å². The van der Waals surface area contributed by atoms with Gasteiger partial charge in [0.2, 0.25) is 0 Å². The Labute approximate surface area is 176 Å². The van der Waals surface area contributed by atoms with Crippen molar-refractivity contribution in [1.29, 1.82) is 0 Å². The molecule has 2 aliphatic heterocycles. The summed E-state index contributed by atoms with van der Waals surface area (Å²) < 4.78 is 13.4. The van der Waals surface area contributed by atoms with Gasteiger partial charge < -0.3 is 14.2 Å². The minimum atomic E-state index is -0.175. The molecule has 0 saturated heterocycles. The second-order valence-corrected chi connectivity index (χ2v) is 9.06. The van der Waals surface area contributed by atoms with E-state index in [-0.39, 0.29) is 6.10 Å². The Hall–Kier alpha value is -2.41. The van der Waals surface area contributed by atoms with Crippen molar-refractivity contribution in [3.8, 4) is 16.9 Å². The zero-order valence-corrected chi connectivity index (χ0v) is 17.4. The number of rotatable bonds is 2. The molecule has 7 heteroatoms. The molecule has 3 aromatic heterocycles. The van der Waals surface area contributed by atoms with E-state index >= 15 is 0 Å². The summed E-state index contributed by atoms with van der Waals surface area (Å²) in [6.45, 7) is 1.85. The lowest BCUT2D eigenvalue weighted by Gasteiger charge is -2.22. The van der Waals surface area contributed by atoms with Crippen LogP contribution in [0.2, 0.25) is 5.02 Å². The molecule has 0 aliphatic carbocycles. The van der Waals surface area contributed by atoms with Crippen LogP contribution in [-0.2, 0) is 19.4 Å². The molecule has 4 aromatic rings. The molecule has 0 fully saturated rings. The van der Waals surface area contributed by atoms with Crippen LogP contribution < -0.4 is 4.74 Å². The maximum absolute atomic E-state index is 6.50. The third-order valence-electron chi connectivity index (χ3n) is 5.78. The average Bonchev–Trinajstić information content (AvgIpc) is 3.43. The number of benzene rings is 1. The van der Waals surface area contributed by atoms with E-state index in [2.05, 4.69) is 27.5 Å². The first kappa shape index (κ1) is 17.4. The Bertz CT molecular complexity index is 1250. The van der Waals surface area contributed by atoms with Gasteiger partial charge in [-0.25, -0.2) is 0 Å². The van der Waals surface area contributed by atoms with Gasteiger partial charge in [-0.3, -0.25) is 4.98 Å². The van der Waals surface area contributed by atoms with Crippen LogP contribution in [0.4, 0.5) is 0 Å². The third kappa shape index (κ3) is 2.78. The van der Waals surface area contributed by atoms with Crippen molar-refractivity contribution in [3.63, 3.8) is 0 Å². The molecule has 1 aromatic carbocycles. The first-order valence-electron chi connectivity index (χ1n) is 9.65. The predicted molar refractivity (Wildman–Crippen MR) is 114 cm³/mol. The summed E-state index contributed by atoms with van der Waals surface area (Å²) in [5, 5.41) is 7.09. The number of aromatic nitrogens is 2. The highest BCUT2D eigenvalue weighted by Crippen LogP contribution is 2.47. The summed E-state index contributed by atoms with van der Waals surface area (Å²) in [6.07, 6.45) is 3.31. The maximum Gasteiger partial charge on any atom is 0.182 e. The Balaban J connectivity index is 1.44. The van der Waals surface area contributed by atoms with E-state index in [1.807, 2.05) is 30.5 Å². The molecule has 2 aliphatic rings. The zero-order valence-electron chi connectivity index (χ0n) is 15.8. The van der Waals surface area contributed by atoms with Crippen molar-refractivity contribution >= 4 is 33.2 Å². The highest BCUT2D eigenvalue weighted by atomic mass is 35.5. The van der Waals surface area contributed by atoms with Gasteiger partial charge in [0.1, 0.15) is 5.75 Å². The number of likely N-dealkylation sites (N-methyl/N-ethyl adjacent to an activating group) is 1. The molecule has 0 bridgehead atoms. The third-order valence-corrected chi connectivity index (χ3v) is 6.94. The number of ether oxygens (including phenoxy) is 1. The highest BCUT2D eigenvalue weighted by Gasteiger charge is 2.35. The maximum atomic E-state index is 6.50. The molecule has 29 heavy (non-hydrogen) atoms. The average molecular weight is 424 g/mol. The van der Waals surface area contributed by atoms with Gasteiger partial charge in [-0.15, -0.1) is 11.3 Å². The van der Waals surface area contributed by atoms with Crippen molar-refractivity contribution in [2.75, 3.05) is 13.6 Å². The largest absolute Gasteiger partial charge is 0.481 e. The lowest BCUT2D eigenvalue weighted by atomic mass is 9.99. The predicted octanol–water partition coefficient (Wildman–Crippen LogP) is 5.27. The van der Waals surface area contributed by atoms with Gasteiger partial charge >= 0.3 is 0 Å². The van der Waals surface area contributed by atoms with Gasteiger partial charge in [0, 0.05) is 59.4 Å². The molecule has 0 N–H and O–H groups in total. The van der Waals surface area contributed by atoms with Crippen LogP contribution in [0.3, 0.4) is 0 Å². The number of nitrogens with zero attached hydrogens (tertiary/aromatic N) is 3. The number of thiophene rings is 1. The van der Waals surface area contributed by atoms with Gasteiger partial charge in [-0.05, 0) is 36.7 Å². The van der Waals surface area contributed by atoms with E-state index in [0.717, 1.165) is 70.0 Å². The summed E-state index contributed by atoms with van der Waals surface area (Å²) >= 11 is 8.18. The minimum absolute atomic E-state index is 0.175. The molecular weight excluding hydrogens is 406 g/mol. The molecule has 0 radical (unpaired) electrons. The van der Waals surface area contributed by atoms with Crippen LogP contribution >= 0.6 is 22.9 Å². The molecule has 0 unspecified atom stereocenters. The Morgan fingerprint density at radius 3 is 3.10 bits per heavy atom. The van der Waals surface area contributed by atoms with Gasteiger partial charge in [0.25, 0.3) is 0 Å². The van der Waals surface area contributed by atoms with E-state index in [1.54, 1.807) is 11.3 Å². The fourth-order valence-corrected chi connectivity index (χ4v) is 5.50. The van der Waals surface area contributed by atoms with E-state index in [9.17, 15) is 0 Å². The molecule has 0 saturated carbocycles. The number of fused-ring (bicyclic) bond motifs is 3. The Morgan fingerprint density at radius 1 is 1.24 bits per heavy atom. The van der Waals surface area contributed by atoms with E-state index in [0.29, 0.717) is 5.02 Å². The molecule has 5 nitrogen and oxygen atoms in total. The standard InChI is InChI=1S/C22H18ClN3O2S/c1-26-6-3-17-16(11-26)21(28-25-17)19-9-12-8-13(23)10-15(20(12)27-19)14-2-5-24-18-4-7-29-22(14)18/h2,4-5,7-8,10,19H,3,6,9,11H2,1H3/t19-/m1/s1. The Morgan fingerprint density at radius 2 is 2.17 bits per heavy atom. The topological polar surface area (TPSA) is 51.4 Å². The van der Waals surface area contributed by atoms with E-state index in [1.165, 1.54) is 5.56 Å². The summed E-state index contributed by atoms with van der Waals surface area (Å²) in [5.74, 6) is 1.73. The zero-order chi connectivity index (χ0) is 19.5. The van der Waals surface area contributed by atoms with Gasteiger partial charge in [-0.1, -0.05) is 16.8 Å². The number of halogens is 1. The fourth-order valence-electron chi connectivity index (χ4n) is 4.38. The first-order valence-corrected chi connectivity index (χ1v) is 10.9. The van der Waals surface area contributed by atoms with Gasteiger partial charge in [-0.2, -0.15) is 0 Å². The first-order chi connectivity index (χ1) is 14.2. The van der Waals surface area contributed by atoms with Crippen LogP contribution in [0.1, 0.15) is 28.7 Å². The molecular formula is C22H18ClN3O2S. The molecule has 1 atom stereocenters. The Kier molecular flexibility index (Phi) is 3.94. The highest BCUT2D eigenvalue weighted by molar-refractivity contribution is 7.17. The molecule has 5 heterocycles. The van der Waals surface area contributed by atoms with Crippen molar-refractivity contribution < 1.29 is 9.26 Å². The smallest absolute Gasteiger partial charge is 0.182 e. The van der Waals surface area contributed by atoms with Crippen molar-refractivity contribution in [2.24, 2.45) is 0 Å². The summed E-state index contributed by atoms with van der Waals surface area (Å²) in [6, 6.07) is 8.06. The molecule has 0 spiro atoms. The van der Waals surface area contributed by atoms with E-state index in [4.69, 9.17) is 20.9 Å². The number of hydrogen-bond acceptors (Lipinski definition) is 6. The van der Waals surface area contributed by atoms with E-state index < -0.39 is 0 Å². The minimum Gasteiger partial charge on any atom is -0.481 e. The number of hydrogen-bond donors (Lipinski definition) is 0. The van der Waals surface area contributed by atoms with Crippen molar-refractivity contribution in [2.45, 2.75) is 25.5 Å². The number of pyridine rings is 1. The molecule has 6 rings (SSSR count). The van der Waals surface area contributed by atoms with Crippen LogP contribution in [0, 0.1) is 0 Å². The lowest BCUT2D eigenvalue weighted by molar-refractivity contribution is 0.187. The second-order valence-electron chi connectivity index (χ2n) is 7.71.